The quantitative estimate of drug-likeness (QED) is 0.576. The lowest BCUT2D eigenvalue weighted by atomic mass is 9.89. The van der Waals surface area contributed by atoms with Crippen LogP contribution in [0.15, 0.2) is 24.3 Å². The zero-order valence-corrected chi connectivity index (χ0v) is 6.59. The third-order valence-electron chi connectivity index (χ3n) is 2.22. The Bertz CT molecular complexity index is 319. The molecule has 62 valence electrons. The summed E-state index contributed by atoms with van der Waals surface area (Å²) in [7, 11) is 0. The van der Waals surface area contributed by atoms with Crippen LogP contribution in [0.3, 0.4) is 0 Å². The van der Waals surface area contributed by atoms with Gasteiger partial charge in [-0.15, -0.1) is 0 Å². The molecule has 1 atom stereocenters. The molecule has 1 nitrogen and oxygen atoms in total. The number of halogens is 1. The molecular formula is C10H9FO. The Labute approximate surface area is 70.2 Å². The van der Waals surface area contributed by atoms with Gasteiger partial charge in [0, 0.05) is 12.0 Å². The normalized spacial score (nSPS) is 22.1. The van der Waals surface area contributed by atoms with E-state index in [1.807, 2.05) is 0 Å². The summed E-state index contributed by atoms with van der Waals surface area (Å²) in [5, 5.41) is 0. The third-order valence-corrected chi connectivity index (χ3v) is 2.22. The Kier molecular flexibility index (Phi) is 1.68. The molecule has 0 spiro atoms. The molecule has 0 aliphatic heterocycles. The van der Waals surface area contributed by atoms with Crippen molar-refractivity contribution in [3.63, 3.8) is 0 Å². The lowest BCUT2D eigenvalue weighted by Crippen LogP contribution is -2.12. The fraction of sp³-hybridized carbons (Fsp3) is 0.300. The predicted molar refractivity (Wildman–Crippen MR) is 43.9 cm³/mol. The van der Waals surface area contributed by atoms with Crippen LogP contribution in [0.25, 0.3) is 0 Å². The van der Waals surface area contributed by atoms with Gasteiger partial charge in [-0.3, -0.25) is 4.79 Å². The van der Waals surface area contributed by atoms with Crippen LogP contribution in [0, 0.1) is 0 Å². The van der Waals surface area contributed by atoms with E-state index in [1.165, 1.54) is 0 Å². The first-order valence-electron chi connectivity index (χ1n) is 4.05. The van der Waals surface area contributed by atoms with Crippen LogP contribution in [0.4, 0.5) is 4.39 Å². The molecule has 0 radical (unpaired) electrons. The predicted octanol–water partition coefficient (Wildman–Crippen LogP) is 2.67. The van der Waals surface area contributed by atoms with E-state index in [9.17, 15) is 9.18 Å². The van der Waals surface area contributed by atoms with E-state index in [2.05, 4.69) is 0 Å². The molecule has 2 rings (SSSR count). The number of carbonyl (C=O) groups excluding carboxylic acids is 1. The number of ketones is 1. The summed E-state index contributed by atoms with van der Waals surface area (Å²) in [5.41, 5.74) is 1.13. The van der Waals surface area contributed by atoms with Gasteiger partial charge in [-0.05, 0) is 12.0 Å². The number of benzene rings is 1. The van der Waals surface area contributed by atoms with E-state index < -0.39 is 6.17 Å². The van der Waals surface area contributed by atoms with Gasteiger partial charge >= 0.3 is 0 Å². The zero-order valence-electron chi connectivity index (χ0n) is 6.59. The second-order valence-electron chi connectivity index (χ2n) is 3.02. The van der Waals surface area contributed by atoms with Gasteiger partial charge < -0.3 is 0 Å². The Balaban J connectivity index is 2.55. The second-order valence-corrected chi connectivity index (χ2v) is 3.02. The number of hydrogen-bond acceptors (Lipinski definition) is 1. The maximum atomic E-state index is 13.2. The van der Waals surface area contributed by atoms with Gasteiger partial charge in [0.1, 0.15) is 6.17 Å². The SMILES string of the molecule is O=C1CC[C@@H](F)c2ccccc21. The monoisotopic (exact) mass is 164 g/mol. The molecule has 0 N–H and O–H groups in total. The van der Waals surface area contributed by atoms with Crippen molar-refractivity contribution in [3.8, 4) is 0 Å². The fourth-order valence-corrected chi connectivity index (χ4v) is 1.57. The molecule has 0 fully saturated rings. The topological polar surface area (TPSA) is 17.1 Å². The van der Waals surface area contributed by atoms with Gasteiger partial charge in [0.15, 0.2) is 5.78 Å². The summed E-state index contributed by atoms with van der Waals surface area (Å²) in [6.45, 7) is 0. The van der Waals surface area contributed by atoms with Crippen LogP contribution in [-0.4, -0.2) is 5.78 Å². The maximum Gasteiger partial charge on any atom is 0.163 e. The number of hydrogen-bond donors (Lipinski definition) is 0. The number of carbonyl (C=O) groups is 1. The zero-order chi connectivity index (χ0) is 8.55. The summed E-state index contributed by atoms with van der Waals surface area (Å²) in [6.07, 6.45) is -0.257. The Morgan fingerprint density at radius 1 is 1.33 bits per heavy atom. The van der Waals surface area contributed by atoms with Gasteiger partial charge in [-0.1, -0.05) is 24.3 Å². The lowest BCUT2D eigenvalue weighted by molar-refractivity contribution is 0.0949. The van der Waals surface area contributed by atoms with Gasteiger partial charge in [-0.2, -0.15) is 0 Å². The summed E-state index contributed by atoms with van der Waals surface area (Å²) in [5.74, 6) is 0.0690. The molecule has 0 saturated carbocycles. The molecule has 0 heterocycles. The molecule has 2 heteroatoms. The van der Waals surface area contributed by atoms with Crippen LogP contribution in [0.5, 0.6) is 0 Å². The highest BCUT2D eigenvalue weighted by molar-refractivity contribution is 5.98. The molecular weight excluding hydrogens is 155 g/mol. The molecule has 0 aromatic heterocycles. The molecule has 12 heavy (non-hydrogen) atoms. The van der Waals surface area contributed by atoms with E-state index in [0.29, 0.717) is 24.0 Å². The average Bonchev–Trinajstić information content (AvgIpc) is 2.12. The van der Waals surface area contributed by atoms with Crippen molar-refractivity contribution in [1.29, 1.82) is 0 Å². The number of fused-ring (bicyclic) bond motifs is 1. The maximum absolute atomic E-state index is 13.2. The minimum atomic E-state index is -0.945. The standard InChI is InChI=1S/C10H9FO/c11-9-5-6-10(12)8-4-2-1-3-7(8)9/h1-4,9H,5-6H2/t9-/m1/s1. The highest BCUT2D eigenvalue weighted by atomic mass is 19.1. The average molecular weight is 164 g/mol. The van der Waals surface area contributed by atoms with Crippen molar-refractivity contribution in [2.45, 2.75) is 19.0 Å². The van der Waals surface area contributed by atoms with E-state index in [1.54, 1.807) is 24.3 Å². The van der Waals surface area contributed by atoms with E-state index in [0.717, 1.165) is 0 Å². The Morgan fingerprint density at radius 3 is 2.83 bits per heavy atom. The Hall–Kier alpha value is -1.18. The van der Waals surface area contributed by atoms with Gasteiger partial charge in [0.05, 0.1) is 0 Å². The highest BCUT2D eigenvalue weighted by Crippen LogP contribution is 2.31. The molecule has 0 unspecified atom stereocenters. The van der Waals surface area contributed by atoms with E-state index >= 15 is 0 Å². The third kappa shape index (κ3) is 1.04. The van der Waals surface area contributed by atoms with Crippen molar-refractivity contribution < 1.29 is 9.18 Å². The minimum absolute atomic E-state index is 0.0690. The van der Waals surface area contributed by atoms with Gasteiger partial charge in [0.2, 0.25) is 0 Å². The largest absolute Gasteiger partial charge is 0.294 e. The molecule has 0 amide bonds. The summed E-state index contributed by atoms with van der Waals surface area (Å²) in [4.78, 5) is 11.3. The second kappa shape index (κ2) is 2.70. The first-order chi connectivity index (χ1) is 5.79. The van der Waals surface area contributed by atoms with Gasteiger partial charge in [-0.25, -0.2) is 4.39 Å². The number of alkyl halides is 1. The van der Waals surface area contributed by atoms with Crippen molar-refractivity contribution in [1.82, 2.24) is 0 Å². The summed E-state index contributed by atoms with van der Waals surface area (Å²) in [6, 6.07) is 6.93. The molecule has 1 aromatic rings. The van der Waals surface area contributed by atoms with Crippen LogP contribution in [-0.2, 0) is 0 Å². The van der Waals surface area contributed by atoms with Crippen LogP contribution >= 0.6 is 0 Å². The molecule has 0 saturated heterocycles. The molecule has 0 bridgehead atoms. The lowest BCUT2D eigenvalue weighted by Gasteiger charge is -2.17. The van der Waals surface area contributed by atoms with E-state index in [4.69, 9.17) is 0 Å². The van der Waals surface area contributed by atoms with Crippen molar-refractivity contribution in [3.05, 3.63) is 35.4 Å². The first kappa shape index (κ1) is 7.47. The molecule has 1 aromatic carbocycles. The minimum Gasteiger partial charge on any atom is -0.294 e. The summed E-state index contributed by atoms with van der Waals surface area (Å²) < 4.78 is 13.2. The molecule has 1 aliphatic carbocycles. The van der Waals surface area contributed by atoms with Gasteiger partial charge in [0.25, 0.3) is 0 Å². The summed E-state index contributed by atoms with van der Waals surface area (Å²) >= 11 is 0. The number of rotatable bonds is 0. The van der Waals surface area contributed by atoms with Crippen LogP contribution < -0.4 is 0 Å². The number of Topliss-reactive ketones (excluding diaryl/α,β-unsaturated/α-hetero) is 1. The van der Waals surface area contributed by atoms with Crippen molar-refractivity contribution >= 4 is 5.78 Å². The van der Waals surface area contributed by atoms with Crippen molar-refractivity contribution in [2.24, 2.45) is 0 Å². The van der Waals surface area contributed by atoms with Crippen molar-refractivity contribution in [2.75, 3.05) is 0 Å². The highest BCUT2D eigenvalue weighted by Gasteiger charge is 2.24. The Morgan fingerprint density at radius 2 is 2.08 bits per heavy atom. The first-order valence-corrected chi connectivity index (χ1v) is 4.05. The van der Waals surface area contributed by atoms with Crippen LogP contribution in [0.1, 0.15) is 34.9 Å². The molecule has 1 aliphatic rings. The smallest absolute Gasteiger partial charge is 0.163 e. The fourth-order valence-electron chi connectivity index (χ4n) is 1.57. The van der Waals surface area contributed by atoms with Crippen LogP contribution in [0.2, 0.25) is 0 Å². The van der Waals surface area contributed by atoms with E-state index in [-0.39, 0.29) is 5.78 Å².